The van der Waals surface area contributed by atoms with Crippen molar-refractivity contribution in [3.05, 3.63) is 63.1 Å². The second kappa shape index (κ2) is 6.98. The van der Waals surface area contributed by atoms with E-state index >= 15 is 0 Å². The summed E-state index contributed by atoms with van der Waals surface area (Å²) in [6.07, 6.45) is 0.691. The summed E-state index contributed by atoms with van der Waals surface area (Å²) in [6.45, 7) is 2.95. The zero-order chi connectivity index (χ0) is 14.5. The van der Waals surface area contributed by atoms with Crippen LogP contribution in [-0.2, 0) is 13.0 Å². The molecule has 4 heteroatoms. The van der Waals surface area contributed by atoms with E-state index in [9.17, 15) is 0 Å². The molecule has 0 atom stereocenters. The summed E-state index contributed by atoms with van der Waals surface area (Å²) in [5.74, 6) is 0.764. The molecule has 20 heavy (non-hydrogen) atoms. The minimum Gasteiger partial charge on any atom is -0.489 e. The minimum absolute atomic E-state index is 0.414. The highest BCUT2D eigenvalue weighted by atomic mass is 35.5. The first-order valence-electron chi connectivity index (χ1n) is 6.47. The molecule has 0 aliphatic rings. The smallest absolute Gasteiger partial charge is 0.124 e. The molecule has 0 spiro atoms. The van der Waals surface area contributed by atoms with Crippen molar-refractivity contribution in [1.29, 1.82) is 0 Å². The SMILES string of the molecule is Cc1ccc(COc2cccc(Cl)c2CCN)c(Cl)c1. The van der Waals surface area contributed by atoms with Crippen LogP contribution in [0.15, 0.2) is 36.4 Å². The Hall–Kier alpha value is -1.22. The average molecular weight is 310 g/mol. The molecular weight excluding hydrogens is 293 g/mol. The van der Waals surface area contributed by atoms with Crippen LogP contribution in [-0.4, -0.2) is 6.54 Å². The summed E-state index contributed by atoms with van der Waals surface area (Å²) in [5.41, 5.74) is 8.64. The lowest BCUT2D eigenvalue weighted by atomic mass is 10.1. The van der Waals surface area contributed by atoms with Crippen LogP contribution in [0.5, 0.6) is 5.75 Å². The van der Waals surface area contributed by atoms with Gasteiger partial charge in [-0.05, 0) is 43.7 Å². The second-order valence-electron chi connectivity index (χ2n) is 4.64. The molecule has 0 fully saturated rings. The molecule has 0 saturated carbocycles. The van der Waals surface area contributed by atoms with Crippen molar-refractivity contribution in [2.75, 3.05) is 6.54 Å². The van der Waals surface area contributed by atoms with Crippen LogP contribution in [0, 0.1) is 6.92 Å². The summed E-state index contributed by atoms with van der Waals surface area (Å²) in [7, 11) is 0. The van der Waals surface area contributed by atoms with E-state index in [0.29, 0.717) is 29.6 Å². The Labute approximate surface area is 129 Å². The maximum atomic E-state index is 6.20. The highest BCUT2D eigenvalue weighted by Gasteiger charge is 2.09. The Bertz CT molecular complexity index is 599. The number of hydrogen-bond acceptors (Lipinski definition) is 2. The van der Waals surface area contributed by atoms with Crippen molar-refractivity contribution in [2.24, 2.45) is 5.73 Å². The van der Waals surface area contributed by atoms with E-state index in [1.54, 1.807) is 0 Å². The lowest BCUT2D eigenvalue weighted by molar-refractivity contribution is 0.303. The number of halogens is 2. The van der Waals surface area contributed by atoms with Crippen LogP contribution in [0.4, 0.5) is 0 Å². The van der Waals surface area contributed by atoms with Crippen LogP contribution in [0.3, 0.4) is 0 Å². The highest BCUT2D eigenvalue weighted by molar-refractivity contribution is 6.31. The predicted octanol–water partition coefficient (Wildman–Crippen LogP) is 4.38. The third-order valence-corrected chi connectivity index (χ3v) is 3.77. The first kappa shape index (κ1) is 15.2. The van der Waals surface area contributed by atoms with Crippen molar-refractivity contribution in [1.82, 2.24) is 0 Å². The summed E-state index contributed by atoms with van der Waals surface area (Å²) < 4.78 is 5.85. The maximum absolute atomic E-state index is 6.20. The van der Waals surface area contributed by atoms with E-state index in [0.717, 1.165) is 22.4 Å². The number of ether oxygens (including phenoxy) is 1. The largest absolute Gasteiger partial charge is 0.489 e. The molecule has 0 amide bonds. The van der Waals surface area contributed by atoms with Gasteiger partial charge in [-0.2, -0.15) is 0 Å². The van der Waals surface area contributed by atoms with E-state index in [1.165, 1.54) is 0 Å². The van der Waals surface area contributed by atoms with Crippen molar-refractivity contribution < 1.29 is 4.74 Å². The van der Waals surface area contributed by atoms with Crippen molar-refractivity contribution in [3.8, 4) is 5.75 Å². The maximum Gasteiger partial charge on any atom is 0.124 e. The van der Waals surface area contributed by atoms with Gasteiger partial charge in [0.05, 0.1) is 0 Å². The van der Waals surface area contributed by atoms with E-state index in [-0.39, 0.29) is 0 Å². The number of aryl methyl sites for hydroxylation is 1. The third-order valence-electron chi connectivity index (χ3n) is 3.06. The number of hydrogen-bond donors (Lipinski definition) is 1. The standard InChI is InChI=1S/C16H17Cl2NO/c1-11-5-6-12(15(18)9-11)10-20-16-4-2-3-14(17)13(16)7-8-19/h2-6,9H,7-8,10,19H2,1H3. The number of benzene rings is 2. The molecule has 106 valence electrons. The van der Waals surface area contributed by atoms with E-state index in [1.807, 2.05) is 43.3 Å². The van der Waals surface area contributed by atoms with Crippen LogP contribution < -0.4 is 10.5 Å². The summed E-state index contributed by atoms with van der Waals surface area (Å²) in [4.78, 5) is 0. The van der Waals surface area contributed by atoms with E-state index in [2.05, 4.69) is 0 Å². The van der Waals surface area contributed by atoms with Gasteiger partial charge in [-0.1, -0.05) is 41.4 Å². The van der Waals surface area contributed by atoms with Crippen LogP contribution in [0.1, 0.15) is 16.7 Å². The molecule has 0 aliphatic heterocycles. The minimum atomic E-state index is 0.414. The molecule has 0 radical (unpaired) electrons. The number of nitrogens with two attached hydrogens (primary N) is 1. The second-order valence-corrected chi connectivity index (χ2v) is 5.45. The van der Waals surface area contributed by atoms with Gasteiger partial charge >= 0.3 is 0 Å². The lowest BCUT2D eigenvalue weighted by Crippen LogP contribution is -2.06. The summed E-state index contributed by atoms with van der Waals surface area (Å²) in [5, 5.41) is 1.40. The van der Waals surface area contributed by atoms with Gasteiger partial charge in [-0.25, -0.2) is 0 Å². The predicted molar refractivity (Wildman–Crippen MR) is 84.7 cm³/mol. The monoisotopic (exact) mass is 309 g/mol. The molecular formula is C16H17Cl2NO. The Morgan fingerprint density at radius 2 is 1.90 bits per heavy atom. The Morgan fingerprint density at radius 3 is 2.60 bits per heavy atom. The van der Waals surface area contributed by atoms with Gasteiger partial charge in [0.15, 0.2) is 0 Å². The highest BCUT2D eigenvalue weighted by Crippen LogP contribution is 2.28. The van der Waals surface area contributed by atoms with Gasteiger partial charge in [-0.15, -0.1) is 0 Å². The zero-order valence-corrected chi connectivity index (χ0v) is 12.8. The fourth-order valence-electron chi connectivity index (χ4n) is 1.99. The molecule has 0 saturated heterocycles. The fourth-order valence-corrected chi connectivity index (χ4v) is 2.54. The molecule has 0 aromatic heterocycles. The van der Waals surface area contributed by atoms with E-state index in [4.69, 9.17) is 33.7 Å². The molecule has 0 aliphatic carbocycles. The number of rotatable bonds is 5. The van der Waals surface area contributed by atoms with Gasteiger partial charge < -0.3 is 10.5 Å². The summed E-state index contributed by atoms with van der Waals surface area (Å²) >= 11 is 12.4. The first-order chi connectivity index (χ1) is 9.61. The Balaban J connectivity index is 2.16. The fraction of sp³-hybridized carbons (Fsp3) is 0.250. The Morgan fingerprint density at radius 1 is 1.10 bits per heavy atom. The molecule has 2 N–H and O–H groups in total. The van der Waals surface area contributed by atoms with Gasteiger partial charge in [0.2, 0.25) is 0 Å². The van der Waals surface area contributed by atoms with E-state index < -0.39 is 0 Å². The normalized spacial score (nSPS) is 10.6. The van der Waals surface area contributed by atoms with Crippen molar-refractivity contribution in [2.45, 2.75) is 20.0 Å². The first-order valence-corrected chi connectivity index (χ1v) is 7.22. The molecule has 0 unspecified atom stereocenters. The van der Waals surface area contributed by atoms with Gasteiger partial charge in [0.25, 0.3) is 0 Å². The van der Waals surface area contributed by atoms with Crippen LogP contribution in [0.2, 0.25) is 10.0 Å². The molecule has 2 aromatic rings. The summed E-state index contributed by atoms with van der Waals surface area (Å²) in [6, 6.07) is 11.5. The van der Waals surface area contributed by atoms with Crippen LogP contribution >= 0.6 is 23.2 Å². The molecule has 2 rings (SSSR count). The zero-order valence-electron chi connectivity index (χ0n) is 11.3. The quantitative estimate of drug-likeness (QED) is 0.889. The third kappa shape index (κ3) is 3.66. The van der Waals surface area contributed by atoms with Gasteiger partial charge in [0.1, 0.15) is 12.4 Å². The van der Waals surface area contributed by atoms with Gasteiger partial charge in [-0.3, -0.25) is 0 Å². The van der Waals surface area contributed by atoms with Gasteiger partial charge in [0, 0.05) is 21.2 Å². The topological polar surface area (TPSA) is 35.2 Å². The van der Waals surface area contributed by atoms with Crippen molar-refractivity contribution in [3.63, 3.8) is 0 Å². The molecule has 2 aromatic carbocycles. The van der Waals surface area contributed by atoms with Crippen LogP contribution in [0.25, 0.3) is 0 Å². The average Bonchev–Trinajstić information content (AvgIpc) is 2.41. The lowest BCUT2D eigenvalue weighted by Gasteiger charge is -2.13. The molecule has 0 heterocycles. The molecule has 0 bridgehead atoms. The van der Waals surface area contributed by atoms with Crippen molar-refractivity contribution >= 4 is 23.2 Å². The Kier molecular flexibility index (Phi) is 5.30. The molecule has 2 nitrogen and oxygen atoms in total.